The maximum absolute atomic E-state index is 5.03. The fourth-order valence-electron chi connectivity index (χ4n) is 4.72. The van der Waals surface area contributed by atoms with Crippen molar-refractivity contribution in [3.63, 3.8) is 0 Å². The summed E-state index contributed by atoms with van der Waals surface area (Å²) in [7, 11) is 2.28. The fourth-order valence-corrected chi connectivity index (χ4v) is 4.72. The van der Waals surface area contributed by atoms with Gasteiger partial charge in [0, 0.05) is 31.1 Å². The van der Waals surface area contributed by atoms with E-state index in [-0.39, 0.29) is 0 Å². The van der Waals surface area contributed by atoms with Gasteiger partial charge in [-0.3, -0.25) is 4.90 Å². The predicted molar refractivity (Wildman–Crippen MR) is 91.1 cm³/mol. The molecule has 2 aromatic rings. The van der Waals surface area contributed by atoms with Crippen LogP contribution in [-0.2, 0) is 6.54 Å². The first-order chi connectivity index (χ1) is 10.8. The van der Waals surface area contributed by atoms with Crippen LogP contribution < -0.4 is 5.46 Å². The van der Waals surface area contributed by atoms with Gasteiger partial charge in [0.2, 0.25) is 0 Å². The van der Waals surface area contributed by atoms with Gasteiger partial charge in [0.15, 0.2) is 7.28 Å². The van der Waals surface area contributed by atoms with Gasteiger partial charge in [0.1, 0.15) is 5.82 Å². The van der Waals surface area contributed by atoms with Crippen LogP contribution in [0.5, 0.6) is 0 Å². The highest BCUT2D eigenvalue weighted by Crippen LogP contribution is 2.42. The number of nitrogens with zero attached hydrogens (tertiary/aromatic N) is 3. The minimum Gasteiger partial charge on any atom is -0.326 e. The molecule has 1 aromatic carbocycles. The molecule has 0 amide bonds. The maximum Gasteiger partial charge on any atom is 0.151 e. The molecule has 1 aliphatic carbocycles. The van der Waals surface area contributed by atoms with E-state index in [1.54, 1.807) is 0 Å². The number of likely N-dealkylation sites (tertiary alicyclic amines) is 1. The average Bonchev–Trinajstić information content (AvgIpc) is 2.98. The van der Waals surface area contributed by atoms with E-state index in [0.29, 0.717) is 5.92 Å². The zero-order valence-electron chi connectivity index (χ0n) is 13.3. The lowest BCUT2D eigenvalue weighted by Gasteiger charge is -2.38. The van der Waals surface area contributed by atoms with Gasteiger partial charge in [0.25, 0.3) is 0 Å². The Kier molecular flexibility index (Phi) is 2.91. The van der Waals surface area contributed by atoms with E-state index in [0.717, 1.165) is 24.9 Å². The third kappa shape index (κ3) is 1.83. The molecule has 5 rings (SSSR count). The molecular formula is C18H23BN3. The summed E-state index contributed by atoms with van der Waals surface area (Å²) in [4.78, 5) is 7.83. The normalized spacial score (nSPS) is 27.9. The largest absolute Gasteiger partial charge is 0.326 e. The number of hydrogen-bond donors (Lipinski definition) is 0. The number of imidazole rings is 1. The fraction of sp³-hybridized carbons (Fsp3) is 0.611. The summed E-state index contributed by atoms with van der Waals surface area (Å²) in [6.07, 6.45) is 6.68. The zero-order chi connectivity index (χ0) is 14.7. The van der Waals surface area contributed by atoms with Crippen molar-refractivity contribution < 1.29 is 0 Å². The molecule has 2 fully saturated rings. The number of benzene rings is 1. The van der Waals surface area contributed by atoms with Crippen LogP contribution in [0.1, 0.15) is 44.3 Å². The predicted octanol–water partition coefficient (Wildman–Crippen LogP) is 2.53. The van der Waals surface area contributed by atoms with Crippen molar-refractivity contribution >= 4 is 23.8 Å². The Morgan fingerprint density at radius 1 is 1.23 bits per heavy atom. The molecule has 1 saturated heterocycles. The lowest BCUT2D eigenvalue weighted by atomic mass is 9.68. The summed E-state index contributed by atoms with van der Waals surface area (Å²) >= 11 is 0. The van der Waals surface area contributed by atoms with Gasteiger partial charge in [0.05, 0.1) is 11.0 Å². The summed E-state index contributed by atoms with van der Waals surface area (Å²) in [5, 5.41) is 0. The Labute approximate surface area is 132 Å². The van der Waals surface area contributed by atoms with Crippen LogP contribution in [0.3, 0.4) is 0 Å². The topological polar surface area (TPSA) is 21.1 Å². The van der Waals surface area contributed by atoms with Gasteiger partial charge >= 0.3 is 0 Å². The van der Waals surface area contributed by atoms with Gasteiger partial charge in [-0.2, -0.15) is 0 Å². The minimum absolute atomic E-state index is 0.658. The monoisotopic (exact) mass is 292 g/mol. The molecule has 0 N–H and O–H groups in total. The van der Waals surface area contributed by atoms with Gasteiger partial charge in [-0.15, -0.1) is 0 Å². The molecule has 3 nitrogen and oxygen atoms in total. The number of hydrogen-bond acceptors (Lipinski definition) is 2. The zero-order valence-corrected chi connectivity index (χ0v) is 13.3. The summed E-state index contributed by atoms with van der Waals surface area (Å²) in [5.74, 6) is 2.01. The van der Waals surface area contributed by atoms with Crippen LogP contribution >= 0.6 is 0 Å². The Bertz CT molecular complexity index is 718. The van der Waals surface area contributed by atoms with Gasteiger partial charge in [-0.1, -0.05) is 31.2 Å². The Hall–Kier alpha value is -1.29. The van der Waals surface area contributed by atoms with Crippen LogP contribution in [0.25, 0.3) is 11.0 Å². The van der Waals surface area contributed by atoms with Crippen molar-refractivity contribution in [3.8, 4) is 0 Å². The summed E-state index contributed by atoms with van der Waals surface area (Å²) in [6.45, 7) is 4.58. The second-order valence-electron chi connectivity index (χ2n) is 7.31. The first kappa shape index (κ1) is 13.2. The second kappa shape index (κ2) is 4.85. The van der Waals surface area contributed by atoms with Gasteiger partial charge in [-0.25, -0.2) is 4.98 Å². The molecule has 2 unspecified atom stereocenters. The first-order valence-corrected chi connectivity index (χ1v) is 8.92. The van der Waals surface area contributed by atoms with Crippen LogP contribution in [0.2, 0.25) is 6.32 Å². The molecule has 0 spiro atoms. The molecule has 2 atom stereocenters. The Balaban J connectivity index is 1.52. The lowest BCUT2D eigenvalue weighted by molar-refractivity contribution is 0.108. The van der Waals surface area contributed by atoms with Crippen molar-refractivity contribution in [2.24, 2.45) is 0 Å². The SMILES string of the molecule is CC[B]c1ccc2c(c1)nc1n2CC2CC1CN2C1CCC1. The van der Waals surface area contributed by atoms with E-state index < -0.39 is 0 Å². The molecule has 22 heavy (non-hydrogen) atoms. The molecule has 2 aliphatic heterocycles. The summed E-state index contributed by atoms with van der Waals surface area (Å²) < 4.78 is 2.52. The maximum atomic E-state index is 5.03. The third-order valence-corrected chi connectivity index (χ3v) is 6.00. The molecule has 4 heteroatoms. The number of fused-ring (bicyclic) bond motifs is 6. The van der Waals surface area contributed by atoms with Crippen LogP contribution in [-0.4, -0.2) is 40.4 Å². The highest BCUT2D eigenvalue weighted by molar-refractivity contribution is 6.53. The highest BCUT2D eigenvalue weighted by Gasteiger charge is 2.44. The van der Waals surface area contributed by atoms with Crippen molar-refractivity contribution in [2.75, 3.05) is 6.54 Å². The number of aromatic nitrogens is 2. The van der Waals surface area contributed by atoms with E-state index >= 15 is 0 Å². The van der Waals surface area contributed by atoms with E-state index in [9.17, 15) is 0 Å². The Morgan fingerprint density at radius 3 is 2.91 bits per heavy atom. The van der Waals surface area contributed by atoms with Crippen LogP contribution in [0.4, 0.5) is 0 Å². The molecule has 113 valence electrons. The van der Waals surface area contributed by atoms with E-state index in [4.69, 9.17) is 4.98 Å². The van der Waals surface area contributed by atoms with Crippen molar-refractivity contribution in [3.05, 3.63) is 24.0 Å². The van der Waals surface area contributed by atoms with E-state index in [2.05, 4.69) is 41.9 Å². The van der Waals surface area contributed by atoms with Crippen molar-refractivity contribution in [2.45, 2.75) is 63.5 Å². The van der Waals surface area contributed by atoms with Gasteiger partial charge < -0.3 is 4.57 Å². The molecule has 1 radical (unpaired) electrons. The molecule has 3 heterocycles. The molecule has 1 aromatic heterocycles. The first-order valence-electron chi connectivity index (χ1n) is 8.92. The molecular weight excluding hydrogens is 269 g/mol. The van der Waals surface area contributed by atoms with Crippen molar-refractivity contribution in [1.82, 2.24) is 14.5 Å². The van der Waals surface area contributed by atoms with E-state index in [1.165, 1.54) is 54.5 Å². The van der Waals surface area contributed by atoms with Gasteiger partial charge in [-0.05, 0) is 31.4 Å². The van der Waals surface area contributed by atoms with Crippen molar-refractivity contribution in [1.29, 1.82) is 0 Å². The standard InChI is InChI=1S/C18H23BN3/c1-2-19-13-6-7-17-16(9-13)20-18-12-8-15(11-22(17)18)21(10-12)14-4-3-5-14/h6-7,9,12,14-15H,2-5,8,10-11H2,1H3. The molecule has 3 aliphatic rings. The summed E-state index contributed by atoms with van der Waals surface area (Å²) in [6, 6.07) is 8.42. The quantitative estimate of drug-likeness (QED) is 0.811. The third-order valence-electron chi connectivity index (χ3n) is 6.00. The highest BCUT2D eigenvalue weighted by atomic mass is 15.3. The Morgan fingerprint density at radius 2 is 2.14 bits per heavy atom. The average molecular weight is 292 g/mol. The molecule has 2 bridgehead atoms. The minimum atomic E-state index is 0.658. The summed E-state index contributed by atoms with van der Waals surface area (Å²) in [5.41, 5.74) is 3.85. The van der Waals surface area contributed by atoms with E-state index in [1.807, 2.05) is 0 Å². The van der Waals surface area contributed by atoms with Crippen LogP contribution in [0.15, 0.2) is 18.2 Å². The number of rotatable bonds is 3. The molecule has 1 saturated carbocycles. The smallest absolute Gasteiger partial charge is 0.151 e. The van der Waals surface area contributed by atoms with Crippen LogP contribution in [0, 0.1) is 0 Å². The second-order valence-corrected chi connectivity index (χ2v) is 7.31. The lowest BCUT2D eigenvalue weighted by Crippen LogP contribution is -2.44.